The van der Waals surface area contributed by atoms with Crippen molar-refractivity contribution in [2.75, 3.05) is 20.0 Å². The zero-order chi connectivity index (χ0) is 23.2. The number of aromatic nitrogens is 2. The van der Waals surface area contributed by atoms with Crippen molar-refractivity contribution in [1.82, 2.24) is 14.9 Å². The lowest BCUT2D eigenvalue weighted by Gasteiger charge is -2.15. The van der Waals surface area contributed by atoms with Gasteiger partial charge in [0.2, 0.25) is 5.91 Å². The first-order chi connectivity index (χ1) is 16.1. The van der Waals surface area contributed by atoms with Crippen molar-refractivity contribution in [2.45, 2.75) is 18.2 Å². The molecule has 0 aliphatic rings. The van der Waals surface area contributed by atoms with Crippen molar-refractivity contribution in [2.24, 2.45) is 0 Å². The summed E-state index contributed by atoms with van der Waals surface area (Å²) in [5.74, 6) is 1.23. The maximum Gasteiger partial charge on any atom is 0.262 e. The van der Waals surface area contributed by atoms with Crippen molar-refractivity contribution in [3.63, 3.8) is 0 Å². The van der Waals surface area contributed by atoms with Gasteiger partial charge >= 0.3 is 0 Å². The van der Waals surface area contributed by atoms with Crippen molar-refractivity contribution >= 4 is 39.9 Å². The van der Waals surface area contributed by atoms with Crippen LogP contribution in [0.5, 0.6) is 11.5 Å². The Labute approximate surface area is 199 Å². The number of fused-ring (bicyclic) bond motifs is 1. The summed E-state index contributed by atoms with van der Waals surface area (Å²) in [5, 5.41) is 5.90. The second-order valence-electron chi connectivity index (χ2n) is 7.14. The first kappa shape index (κ1) is 22.9. The third kappa shape index (κ3) is 5.37. The Morgan fingerprint density at radius 3 is 2.67 bits per heavy atom. The molecule has 0 saturated carbocycles. The molecule has 0 saturated heterocycles. The van der Waals surface area contributed by atoms with Crippen molar-refractivity contribution in [3.8, 4) is 11.5 Å². The van der Waals surface area contributed by atoms with Gasteiger partial charge in [-0.3, -0.25) is 14.2 Å². The highest BCUT2D eigenvalue weighted by molar-refractivity contribution is 7.99. The van der Waals surface area contributed by atoms with Gasteiger partial charge in [-0.2, -0.15) is 0 Å². The van der Waals surface area contributed by atoms with Gasteiger partial charge in [-0.15, -0.1) is 11.3 Å². The van der Waals surface area contributed by atoms with Gasteiger partial charge in [0.05, 0.1) is 44.0 Å². The number of carbonyl (C=O) groups excluding carboxylic acids is 1. The Morgan fingerprint density at radius 2 is 1.91 bits per heavy atom. The molecule has 0 atom stereocenters. The molecule has 9 heteroatoms. The van der Waals surface area contributed by atoms with Gasteiger partial charge in [0.25, 0.3) is 5.56 Å². The van der Waals surface area contributed by atoms with Crippen LogP contribution in [0.3, 0.4) is 0 Å². The summed E-state index contributed by atoms with van der Waals surface area (Å²) < 4.78 is 12.3. The molecule has 33 heavy (non-hydrogen) atoms. The molecule has 170 valence electrons. The molecule has 0 aliphatic carbocycles. The van der Waals surface area contributed by atoms with Gasteiger partial charge in [-0.05, 0) is 41.3 Å². The summed E-state index contributed by atoms with van der Waals surface area (Å²) >= 11 is 2.84. The van der Waals surface area contributed by atoms with Gasteiger partial charge in [-0.1, -0.05) is 36.0 Å². The third-order valence-electron chi connectivity index (χ3n) is 4.99. The van der Waals surface area contributed by atoms with Crippen LogP contribution in [0.1, 0.15) is 10.4 Å². The van der Waals surface area contributed by atoms with Gasteiger partial charge in [-0.25, -0.2) is 4.98 Å². The predicted molar refractivity (Wildman–Crippen MR) is 132 cm³/mol. The highest BCUT2D eigenvalue weighted by Crippen LogP contribution is 2.28. The number of thioether (sulfide) groups is 1. The molecular formula is C24H23N3O4S2. The molecule has 2 aromatic heterocycles. The van der Waals surface area contributed by atoms with E-state index in [9.17, 15) is 9.59 Å². The number of hydrogen-bond acceptors (Lipinski definition) is 7. The van der Waals surface area contributed by atoms with Crippen LogP contribution < -0.4 is 20.3 Å². The lowest BCUT2D eigenvalue weighted by atomic mass is 10.2. The monoisotopic (exact) mass is 481 g/mol. The molecule has 1 amide bonds. The van der Waals surface area contributed by atoms with Crippen LogP contribution in [0.15, 0.2) is 69.9 Å². The highest BCUT2D eigenvalue weighted by atomic mass is 32.2. The number of thiophene rings is 1. The fourth-order valence-corrected chi connectivity index (χ4v) is 4.81. The van der Waals surface area contributed by atoms with Gasteiger partial charge in [0.1, 0.15) is 0 Å². The summed E-state index contributed by atoms with van der Waals surface area (Å²) in [6, 6.07) is 16.7. The molecule has 7 nitrogen and oxygen atoms in total. The molecule has 2 heterocycles. The van der Waals surface area contributed by atoms with E-state index in [0.29, 0.717) is 34.1 Å². The SMILES string of the molecule is COc1ccc(Cn2c(SCC(=O)NCc3cccs3)nc3ccccc3c2=O)cc1OC. The van der Waals surface area contributed by atoms with E-state index in [2.05, 4.69) is 10.3 Å². The van der Waals surface area contributed by atoms with Crippen LogP contribution in [0.25, 0.3) is 10.9 Å². The lowest BCUT2D eigenvalue weighted by molar-refractivity contribution is -0.118. The number of nitrogens with zero attached hydrogens (tertiary/aromatic N) is 2. The molecule has 0 spiro atoms. The third-order valence-corrected chi connectivity index (χ3v) is 6.84. The molecule has 0 bridgehead atoms. The second kappa shape index (κ2) is 10.5. The Balaban J connectivity index is 1.60. The van der Waals surface area contributed by atoms with E-state index in [-0.39, 0.29) is 23.8 Å². The normalized spacial score (nSPS) is 10.8. The minimum atomic E-state index is -0.156. The number of amides is 1. The minimum absolute atomic E-state index is 0.117. The van der Waals surface area contributed by atoms with E-state index in [0.717, 1.165) is 10.4 Å². The van der Waals surface area contributed by atoms with Crippen LogP contribution >= 0.6 is 23.1 Å². The van der Waals surface area contributed by atoms with Crippen molar-refractivity contribution < 1.29 is 14.3 Å². The quantitative estimate of drug-likeness (QED) is 0.288. The largest absolute Gasteiger partial charge is 0.493 e. The Morgan fingerprint density at radius 1 is 1.09 bits per heavy atom. The van der Waals surface area contributed by atoms with Crippen LogP contribution in [0.4, 0.5) is 0 Å². The number of carbonyl (C=O) groups is 1. The van der Waals surface area contributed by atoms with Crippen molar-refractivity contribution in [3.05, 3.63) is 80.8 Å². The zero-order valence-corrected chi connectivity index (χ0v) is 19.9. The number of rotatable bonds is 9. The summed E-state index contributed by atoms with van der Waals surface area (Å²) in [7, 11) is 3.15. The second-order valence-corrected chi connectivity index (χ2v) is 9.11. The maximum atomic E-state index is 13.3. The molecule has 4 aromatic rings. The lowest BCUT2D eigenvalue weighted by Crippen LogP contribution is -2.27. The van der Waals surface area contributed by atoms with E-state index in [4.69, 9.17) is 9.47 Å². The van der Waals surface area contributed by atoms with Crippen LogP contribution in [0, 0.1) is 0 Å². The van der Waals surface area contributed by atoms with Gasteiger partial charge < -0.3 is 14.8 Å². The fraction of sp³-hybridized carbons (Fsp3) is 0.208. The molecule has 2 aromatic carbocycles. The molecule has 0 unspecified atom stereocenters. The fourth-order valence-electron chi connectivity index (χ4n) is 3.34. The minimum Gasteiger partial charge on any atom is -0.493 e. The van der Waals surface area contributed by atoms with E-state index in [1.807, 2.05) is 41.8 Å². The van der Waals surface area contributed by atoms with E-state index in [1.165, 1.54) is 11.8 Å². The van der Waals surface area contributed by atoms with E-state index < -0.39 is 0 Å². The smallest absolute Gasteiger partial charge is 0.262 e. The van der Waals surface area contributed by atoms with Crippen LogP contribution in [-0.4, -0.2) is 35.4 Å². The molecule has 0 aliphatic heterocycles. The van der Waals surface area contributed by atoms with E-state index >= 15 is 0 Å². The summed E-state index contributed by atoms with van der Waals surface area (Å²) in [6.45, 7) is 0.775. The number of hydrogen-bond donors (Lipinski definition) is 1. The average Bonchev–Trinajstić information content (AvgIpc) is 3.37. The first-order valence-electron chi connectivity index (χ1n) is 10.2. The van der Waals surface area contributed by atoms with E-state index in [1.54, 1.807) is 48.3 Å². The molecular weight excluding hydrogens is 458 g/mol. The predicted octanol–water partition coefficient (Wildman–Crippen LogP) is 3.93. The zero-order valence-electron chi connectivity index (χ0n) is 18.2. The van der Waals surface area contributed by atoms with Crippen LogP contribution in [0.2, 0.25) is 0 Å². The Kier molecular flexibility index (Phi) is 7.31. The molecule has 0 fully saturated rings. The summed E-state index contributed by atoms with van der Waals surface area (Å²) in [4.78, 5) is 31.5. The highest BCUT2D eigenvalue weighted by Gasteiger charge is 2.15. The molecule has 0 radical (unpaired) electrons. The van der Waals surface area contributed by atoms with Gasteiger partial charge in [0, 0.05) is 4.88 Å². The maximum absolute atomic E-state index is 13.3. The number of methoxy groups -OCH3 is 2. The number of benzene rings is 2. The first-order valence-corrected chi connectivity index (χ1v) is 12.1. The number of nitrogens with one attached hydrogen (secondary N) is 1. The summed E-state index contributed by atoms with van der Waals surface area (Å²) in [5.41, 5.74) is 1.31. The Hall–Kier alpha value is -3.30. The number of ether oxygens (including phenoxy) is 2. The topological polar surface area (TPSA) is 82.5 Å². The Bertz CT molecular complexity index is 1320. The standard InChI is InChI=1S/C24H23N3O4S2/c1-30-20-10-9-16(12-21(20)31-2)14-27-23(29)18-7-3-4-8-19(18)26-24(27)33-15-22(28)25-13-17-6-5-11-32-17/h3-12H,13-15H2,1-2H3,(H,25,28). The average molecular weight is 482 g/mol. The van der Waals surface area contributed by atoms with Crippen LogP contribution in [-0.2, 0) is 17.9 Å². The summed E-state index contributed by atoms with van der Waals surface area (Å²) in [6.07, 6.45) is 0. The van der Waals surface area contributed by atoms with Gasteiger partial charge in [0.15, 0.2) is 16.7 Å². The van der Waals surface area contributed by atoms with Crippen molar-refractivity contribution in [1.29, 1.82) is 0 Å². The molecule has 4 rings (SSSR count). The molecule has 1 N–H and O–H groups in total. The number of para-hydroxylation sites is 1.